The van der Waals surface area contributed by atoms with Crippen LogP contribution in [0, 0.1) is 17.3 Å². The molecule has 16 nitrogen and oxygen atoms in total. The van der Waals surface area contributed by atoms with Crippen molar-refractivity contribution in [3.8, 4) is 6.01 Å². The molecule has 0 spiro atoms. The van der Waals surface area contributed by atoms with Crippen LogP contribution < -0.4 is 36.2 Å². The highest BCUT2D eigenvalue weighted by molar-refractivity contribution is 7.22. The molecule has 3 aliphatic heterocycles. The lowest BCUT2D eigenvalue weighted by atomic mass is 9.90. The minimum absolute atomic E-state index is 0.0372. The van der Waals surface area contributed by atoms with Crippen molar-refractivity contribution in [2.75, 3.05) is 60.8 Å². The fourth-order valence-electron chi connectivity index (χ4n) is 8.33. The van der Waals surface area contributed by atoms with Gasteiger partial charge in [-0.15, -0.1) is 22.7 Å². The van der Waals surface area contributed by atoms with E-state index in [9.17, 15) is 18.4 Å². The largest absolute Gasteiger partial charge is 0.463 e. The number of ether oxygens (including phenoxy) is 2. The normalized spacial score (nSPS) is 16.7. The average molecular weight is 975 g/mol. The maximum absolute atomic E-state index is 14.2. The summed E-state index contributed by atoms with van der Waals surface area (Å²) in [5.41, 5.74) is 2.79. The van der Waals surface area contributed by atoms with Crippen LogP contribution >= 0.6 is 22.7 Å². The summed E-state index contributed by atoms with van der Waals surface area (Å²) in [7, 11) is 1.78. The van der Waals surface area contributed by atoms with Crippen molar-refractivity contribution in [3.05, 3.63) is 88.6 Å². The minimum Gasteiger partial charge on any atom is -0.463 e. The van der Waals surface area contributed by atoms with Gasteiger partial charge in [-0.05, 0) is 68.8 Å². The number of hydrogen-bond acceptors (Lipinski definition) is 16. The lowest BCUT2D eigenvalue weighted by Gasteiger charge is -2.37. The fraction of sp³-hybridized carbons (Fsp3) is 0.347. The zero-order chi connectivity index (χ0) is 48.6. The van der Waals surface area contributed by atoms with Gasteiger partial charge in [-0.3, -0.25) is 9.59 Å². The first kappa shape index (κ1) is 47.2. The van der Waals surface area contributed by atoms with E-state index in [1.165, 1.54) is 41.1 Å². The van der Waals surface area contributed by atoms with Gasteiger partial charge in [-0.25, -0.2) is 19.9 Å². The Balaban J connectivity index is 0.000000169. The molecular formula is C49H52F2N12O4S2. The molecule has 0 bridgehead atoms. The van der Waals surface area contributed by atoms with Crippen molar-refractivity contribution < 1.29 is 27.8 Å². The van der Waals surface area contributed by atoms with Crippen LogP contribution in [0.3, 0.4) is 0 Å². The van der Waals surface area contributed by atoms with Gasteiger partial charge in [0.2, 0.25) is 11.9 Å². The molecule has 0 aliphatic carbocycles. The number of amides is 2. The number of thiophene rings is 2. The predicted octanol–water partition coefficient (Wildman–Crippen LogP) is 9.97. The van der Waals surface area contributed by atoms with Crippen molar-refractivity contribution in [3.63, 3.8) is 0 Å². The van der Waals surface area contributed by atoms with Gasteiger partial charge in [0, 0.05) is 74.7 Å². The first-order valence-electron chi connectivity index (χ1n) is 22.8. The lowest BCUT2D eigenvalue weighted by molar-refractivity contribution is -0.121. The van der Waals surface area contributed by atoms with E-state index in [0.29, 0.717) is 60.1 Å². The number of halogens is 2. The quantitative estimate of drug-likeness (QED) is 0.0858. The second kappa shape index (κ2) is 19.2. The summed E-state index contributed by atoms with van der Waals surface area (Å²) >= 11 is 2.95. The van der Waals surface area contributed by atoms with E-state index < -0.39 is 11.9 Å². The fourth-order valence-corrected chi connectivity index (χ4v) is 10.5. The van der Waals surface area contributed by atoms with Gasteiger partial charge >= 0.3 is 6.01 Å². The number of nitrogens with zero attached hydrogens (tertiary/aromatic N) is 7. The number of hydrogen-bond donors (Lipinski definition) is 5. The zero-order valence-corrected chi connectivity index (χ0v) is 40.8. The van der Waals surface area contributed by atoms with Crippen LogP contribution in [0.15, 0.2) is 67.0 Å². The van der Waals surface area contributed by atoms with Gasteiger partial charge < -0.3 is 41.0 Å². The highest BCUT2D eigenvalue weighted by Crippen LogP contribution is 2.43. The Morgan fingerprint density at radius 3 is 2.16 bits per heavy atom. The summed E-state index contributed by atoms with van der Waals surface area (Å²) in [5, 5.41) is 20.1. The number of carbonyl (C=O) groups excluding carboxylic acids is 2. The van der Waals surface area contributed by atoms with Crippen LogP contribution in [0.25, 0.3) is 42.0 Å². The summed E-state index contributed by atoms with van der Waals surface area (Å²) in [4.78, 5) is 53.9. The second-order valence-corrected chi connectivity index (χ2v) is 20.0. The van der Waals surface area contributed by atoms with Crippen LogP contribution in [0.1, 0.15) is 73.7 Å². The Morgan fingerprint density at radius 1 is 0.797 bits per heavy atom. The third-order valence-electron chi connectivity index (χ3n) is 11.8. The Morgan fingerprint density at radius 2 is 1.48 bits per heavy atom. The topological polar surface area (TPSA) is 193 Å². The highest BCUT2D eigenvalue weighted by Gasteiger charge is 2.35. The van der Waals surface area contributed by atoms with E-state index >= 15 is 0 Å². The molecule has 1 fully saturated rings. The van der Waals surface area contributed by atoms with Gasteiger partial charge in [0.05, 0.1) is 41.2 Å². The standard InChI is InChI=1S/C26H27FN6O3S.C21H19FN6OS.C2H6/c1-3-4-14-10-28-22-21-15-5-8-19(30-16(15)6-7-17(21)37-23(22)24(34)29-14)32-20-9-18(27)31-25(33-20)36-13-26(2)11-35-12-26;1-21(2)9-23-18-17-11-4-7-15(28(3)16-8-14(22)24-10-25-16)26-12(11)5-6-13(17)30-19(18)20(29)27-21;1-2/h5-9,14,28H,3-4,10-13H2,1-2H3,(H,29,34)(H,30,31,32,33);4-8,10,23H,9H2,1-3H3,(H,27,29);1-2H3/t14-;;/m1../s1. The molecule has 5 N–H and O–H groups in total. The minimum atomic E-state index is -0.697. The van der Waals surface area contributed by atoms with Crippen LogP contribution in [0.5, 0.6) is 6.01 Å². The Hall–Kier alpha value is -6.90. The number of nitrogens with one attached hydrogen (secondary N) is 5. The first-order chi connectivity index (χ1) is 33.2. The molecule has 0 unspecified atom stereocenters. The molecule has 0 radical (unpaired) electrons. The number of fused-ring (bicyclic) bond motifs is 10. The average Bonchev–Trinajstić information content (AvgIpc) is 3.83. The summed E-state index contributed by atoms with van der Waals surface area (Å²) in [6.45, 7) is 15.0. The third kappa shape index (κ3) is 9.73. The molecule has 11 rings (SSSR count). The zero-order valence-electron chi connectivity index (χ0n) is 39.2. The Kier molecular flexibility index (Phi) is 13.2. The molecule has 0 saturated carbocycles. The summed E-state index contributed by atoms with van der Waals surface area (Å²) in [6, 6.07) is 18.0. The van der Waals surface area contributed by atoms with Gasteiger partial charge in [0.15, 0.2) is 0 Å². The molecule has 9 heterocycles. The Labute approximate surface area is 404 Å². The monoisotopic (exact) mass is 974 g/mol. The number of anilines is 6. The number of carbonyl (C=O) groups is 2. The molecule has 20 heteroatoms. The van der Waals surface area contributed by atoms with Crippen molar-refractivity contribution in [1.29, 1.82) is 0 Å². The smallest absolute Gasteiger partial charge is 0.321 e. The molecule has 2 aromatic carbocycles. The number of pyridine rings is 2. The van der Waals surface area contributed by atoms with Gasteiger partial charge in [0.1, 0.15) is 46.0 Å². The van der Waals surface area contributed by atoms with E-state index in [0.717, 1.165) is 66.2 Å². The van der Waals surface area contributed by atoms with Crippen LogP contribution in [0.4, 0.5) is 43.4 Å². The summed E-state index contributed by atoms with van der Waals surface area (Å²) in [6.07, 6.45) is 3.11. The predicted molar refractivity (Wildman–Crippen MR) is 270 cm³/mol. The van der Waals surface area contributed by atoms with E-state index in [4.69, 9.17) is 19.4 Å². The highest BCUT2D eigenvalue weighted by atomic mass is 32.1. The number of benzene rings is 2. The second-order valence-electron chi connectivity index (χ2n) is 17.9. The van der Waals surface area contributed by atoms with Crippen molar-refractivity contribution in [2.24, 2.45) is 5.41 Å². The molecule has 358 valence electrons. The number of aromatic nitrogens is 6. The first-order valence-corrected chi connectivity index (χ1v) is 24.4. The van der Waals surface area contributed by atoms with E-state index in [1.54, 1.807) is 11.9 Å². The molecule has 3 aliphatic rings. The van der Waals surface area contributed by atoms with Gasteiger partial charge in [-0.1, -0.05) is 34.1 Å². The molecule has 6 aromatic heterocycles. The third-order valence-corrected chi connectivity index (χ3v) is 14.1. The SMILES string of the molecule is CC.CCC[C@@H]1CNc2c(sc3ccc4nc(Nc5cc(F)nc(OCC6(C)COC6)n5)ccc4c23)C(=O)N1.CN(c1cc(F)ncn1)c1ccc2c(ccc3sc4c(c32)NCC(C)(C)NC4=O)n1. The number of rotatable bonds is 9. The van der Waals surface area contributed by atoms with Crippen LogP contribution in [0.2, 0.25) is 0 Å². The van der Waals surface area contributed by atoms with Crippen molar-refractivity contribution in [2.45, 2.75) is 66.0 Å². The van der Waals surface area contributed by atoms with E-state index in [-0.39, 0.29) is 40.6 Å². The molecular weight excluding hydrogens is 923 g/mol. The van der Waals surface area contributed by atoms with E-state index in [1.807, 2.05) is 83.1 Å². The Bertz CT molecular complexity index is 3250. The molecule has 1 saturated heterocycles. The molecule has 8 aromatic rings. The van der Waals surface area contributed by atoms with Crippen molar-refractivity contribution >= 4 is 111 Å². The molecule has 1 atom stereocenters. The maximum atomic E-state index is 14.2. The van der Waals surface area contributed by atoms with Gasteiger partial charge in [-0.2, -0.15) is 18.7 Å². The molecule has 2 amide bonds. The maximum Gasteiger partial charge on any atom is 0.321 e. The van der Waals surface area contributed by atoms with Crippen LogP contribution in [-0.2, 0) is 4.74 Å². The van der Waals surface area contributed by atoms with E-state index in [2.05, 4.69) is 53.4 Å². The lowest BCUT2D eigenvalue weighted by Crippen LogP contribution is -2.46. The van der Waals surface area contributed by atoms with Gasteiger partial charge in [0.25, 0.3) is 11.8 Å². The summed E-state index contributed by atoms with van der Waals surface area (Å²) in [5.74, 6) is 0.402. The van der Waals surface area contributed by atoms with Crippen LogP contribution in [-0.4, -0.2) is 93.3 Å². The van der Waals surface area contributed by atoms with Crippen molar-refractivity contribution in [1.82, 2.24) is 40.5 Å². The summed E-state index contributed by atoms with van der Waals surface area (Å²) < 4.78 is 40.6. The molecule has 69 heavy (non-hydrogen) atoms.